The Kier molecular flexibility index (Phi) is 5.51. The molecular weight excluding hydrogens is 222 g/mol. The Morgan fingerprint density at radius 3 is 1.79 bits per heavy atom. The first-order valence-electron chi connectivity index (χ1n) is 4.80. The van der Waals surface area contributed by atoms with Gasteiger partial charge in [-0.1, -0.05) is 19.6 Å². The highest BCUT2D eigenvalue weighted by Crippen LogP contribution is 2.56. The molecule has 0 rings (SSSR count). The second kappa shape index (κ2) is 5.40. The molecule has 0 saturated heterocycles. The Morgan fingerprint density at radius 2 is 1.57 bits per heavy atom. The van der Waals surface area contributed by atoms with Crippen molar-refractivity contribution in [2.75, 3.05) is 13.2 Å². The first-order valence-corrected chi connectivity index (χ1v) is 9.99. The van der Waals surface area contributed by atoms with Crippen molar-refractivity contribution in [2.24, 2.45) is 0 Å². The van der Waals surface area contributed by atoms with Gasteiger partial charge in [-0.2, -0.15) is 0 Å². The molecule has 6 heteroatoms. The van der Waals surface area contributed by atoms with Crippen molar-refractivity contribution in [1.29, 1.82) is 0 Å². The molecule has 0 saturated carbocycles. The third-order valence-electron chi connectivity index (χ3n) is 1.61. The van der Waals surface area contributed by atoms with Crippen LogP contribution in [0.15, 0.2) is 0 Å². The van der Waals surface area contributed by atoms with E-state index in [1.54, 1.807) is 13.8 Å². The lowest BCUT2D eigenvalue weighted by molar-refractivity contribution is 0.202. The lowest BCUT2D eigenvalue weighted by Gasteiger charge is -2.28. The fraction of sp³-hybridized carbons (Fsp3) is 1.00. The molecule has 0 amide bonds. The molecule has 0 aromatic rings. The Morgan fingerprint density at radius 1 is 1.21 bits per heavy atom. The van der Waals surface area contributed by atoms with Gasteiger partial charge in [-0.15, -0.1) is 0 Å². The first-order chi connectivity index (χ1) is 6.28. The third-order valence-corrected chi connectivity index (χ3v) is 8.10. The van der Waals surface area contributed by atoms with Gasteiger partial charge in [0.15, 0.2) is 5.54 Å². The van der Waals surface area contributed by atoms with Gasteiger partial charge in [0, 0.05) is 0 Å². The molecule has 0 aliphatic carbocycles. The molecule has 1 atom stereocenters. The summed E-state index contributed by atoms with van der Waals surface area (Å²) >= 11 is 0. The monoisotopic (exact) mass is 242 g/mol. The van der Waals surface area contributed by atoms with Crippen LogP contribution in [-0.2, 0) is 13.6 Å². The Labute approximate surface area is 86.5 Å². The van der Waals surface area contributed by atoms with Crippen molar-refractivity contribution < 1.29 is 18.0 Å². The molecule has 0 bridgehead atoms. The molecule has 3 nitrogen and oxygen atoms in total. The largest absolute Gasteiger partial charge is 0.360 e. The molecule has 0 aromatic heterocycles. The van der Waals surface area contributed by atoms with E-state index >= 15 is 0 Å². The Hall–Kier alpha value is 0.297. The van der Waals surface area contributed by atoms with Gasteiger partial charge in [0.05, 0.1) is 13.2 Å². The van der Waals surface area contributed by atoms with E-state index in [2.05, 4.69) is 0 Å². The second-order valence-corrected chi connectivity index (χ2v) is 11.9. The van der Waals surface area contributed by atoms with Gasteiger partial charge in [0.1, 0.15) is 8.07 Å². The van der Waals surface area contributed by atoms with Crippen molar-refractivity contribution >= 4 is 15.7 Å². The maximum atomic E-state index is 13.9. The predicted molar refractivity (Wildman–Crippen MR) is 59.1 cm³/mol. The van der Waals surface area contributed by atoms with Crippen molar-refractivity contribution in [1.82, 2.24) is 0 Å². The van der Waals surface area contributed by atoms with Crippen LogP contribution in [0.25, 0.3) is 0 Å². The maximum absolute atomic E-state index is 13.9. The van der Waals surface area contributed by atoms with Crippen molar-refractivity contribution in [2.45, 2.75) is 39.0 Å². The molecule has 0 aliphatic heterocycles. The highest BCUT2D eigenvalue weighted by atomic mass is 31.2. The summed E-state index contributed by atoms with van der Waals surface area (Å²) in [6.07, 6.45) is 0. The van der Waals surface area contributed by atoms with E-state index < -0.39 is 21.2 Å². The minimum atomic E-state index is -3.54. The normalized spacial score (nSPS) is 15.6. The SMILES string of the molecule is CCOP(=O)(OCC)C(F)[Si](C)(C)C. The standard InChI is InChI=1S/C8H20FO3PSi/c1-6-11-13(10,12-7-2)8(9)14(3,4)5/h8H,6-7H2,1-5H3. The molecule has 0 aromatic carbocycles. The minimum Gasteiger partial charge on any atom is -0.307 e. The molecule has 0 aliphatic rings. The van der Waals surface area contributed by atoms with Gasteiger partial charge >= 0.3 is 7.60 Å². The van der Waals surface area contributed by atoms with Gasteiger partial charge in [-0.05, 0) is 13.8 Å². The summed E-state index contributed by atoms with van der Waals surface area (Å²) in [5.74, 6) is 0. The van der Waals surface area contributed by atoms with Crippen molar-refractivity contribution in [3.63, 3.8) is 0 Å². The smallest absolute Gasteiger partial charge is 0.307 e. The van der Waals surface area contributed by atoms with E-state index in [0.717, 1.165) is 0 Å². The fourth-order valence-electron chi connectivity index (χ4n) is 1.00. The summed E-state index contributed by atoms with van der Waals surface area (Å²) in [6.45, 7) is 9.21. The molecule has 0 N–H and O–H groups in total. The van der Waals surface area contributed by atoms with Crippen LogP contribution in [0.4, 0.5) is 4.39 Å². The molecule has 0 fully saturated rings. The van der Waals surface area contributed by atoms with Crippen LogP contribution < -0.4 is 0 Å². The summed E-state index contributed by atoms with van der Waals surface area (Å²) in [4.78, 5) is 0. The van der Waals surface area contributed by atoms with Crippen LogP contribution in [0.1, 0.15) is 13.8 Å². The summed E-state index contributed by atoms with van der Waals surface area (Å²) in [6, 6.07) is 0. The maximum Gasteiger partial charge on any atom is 0.360 e. The van der Waals surface area contributed by atoms with Gasteiger partial charge < -0.3 is 9.05 Å². The van der Waals surface area contributed by atoms with Crippen LogP contribution in [0.2, 0.25) is 19.6 Å². The molecule has 14 heavy (non-hydrogen) atoms. The Balaban J connectivity index is 4.73. The summed E-state index contributed by atoms with van der Waals surface area (Å²) < 4.78 is 35.8. The zero-order chi connectivity index (χ0) is 11.4. The fourth-order valence-corrected chi connectivity index (χ4v) is 6.30. The molecule has 0 radical (unpaired) electrons. The number of alkyl halides is 1. The molecular formula is C8H20FO3PSi. The number of hydrogen-bond acceptors (Lipinski definition) is 3. The zero-order valence-corrected chi connectivity index (χ0v) is 11.4. The predicted octanol–water partition coefficient (Wildman–Crippen LogP) is 3.43. The average Bonchev–Trinajstić information content (AvgIpc) is 2.02. The van der Waals surface area contributed by atoms with E-state index in [1.165, 1.54) is 0 Å². The number of halogens is 1. The van der Waals surface area contributed by atoms with Crippen molar-refractivity contribution in [3.05, 3.63) is 0 Å². The van der Waals surface area contributed by atoms with E-state index in [9.17, 15) is 8.96 Å². The van der Waals surface area contributed by atoms with Crippen LogP contribution in [0, 0.1) is 0 Å². The van der Waals surface area contributed by atoms with Gasteiger partial charge in [-0.3, -0.25) is 4.57 Å². The minimum absolute atomic E-state index is 0.210. The lowest BCUT2D eigenvalue weighted by atomic mass is 10.9. The first kappa shape index (κ1) is 14.3. The highest BCUT2D eigenvalue weighted by molar-refractivity contribution is 7.57. The van der Waals surface area contributed by atoms with Crippen LogP contribution in [0.5, 0.6) is 0 Å². The zero-order valence-electron chi connectivity index (χ0n) is 9.54. The van der Waals surface area contributed by atoms with E-state index in [0.29, 0.717) is 0 Å². The van der Waals surface area contributed by atoms with E-state index in [4.69, 9.17) is 9.05 Å². The van der Waals surface area contributed by atoms with Crippen LogP contribution in [-0.4, -0.2) is 26.8 Å². The van der Waals surface area contributed by atoms with E-state index in [-0.39, 0.29) is 13.2 Å². The van der Waals surface area contributed by atoms with Gasteiger partial charge in [-0.25, -0.2) is 4.39 Å². The Bertz CT molecular complexity index is 207. The molecule has 0 spiro atoms. The number of hydrogen-bond donors (Lipinski definition) is 0. The summed E-state index contributed by atoms with van der Waals surface area (Å²) in [5.41, 5.74) is -1.45. The summed E-state index contributed by atoms with van der Waals surface area (Å²) in [7, 11) is -5.69. The molecule has 0 heterocycles. The van der Waals surface area contributed by atoms with Crippen molar-refractivity contribution in [3.8, 4) is 0 Å². The third kappa shape index (κ3) is 3.81. The lowest BCUT2D eigenvalue weighted by Crippen LogP contribution is -2.35. The van der Waals surface area contributed by atoms with Crippen LogP contribution in [0.3, 0.4) is 0 Å². The van der Waals surface area contributed by atoms with Crippen LogP contribution >= 0.6 is 7.60 Å². The average molecular weight is 242 g/mol. The second-order valence-electron chi connectivity index (χ2n) is 4.08. The topological polar surface area (TPSA) is 35.5 Å². The number of rotatable bonds is 6. The molecule has 86 valence electrons. The van der Waals surface area contributed by atoms with Gasteiger partial charge in [0.2, 0.25) is 0 Å². The van der Waals surface area contributed by atoms with E-state index in [1.807, 2.05) is 19.6 Å². The quantitative estimate of drug-likeness (QED) is 0.529. The molecule has 1 unspecified atom stereocenters. The highest BCUT2D eigenvalue weighted by Gasteiger charge is 2.44. The summed E-state index contributed by atoms with van der Waals surface area (Å²) in [5, 5.41) is 0. The van der Waals surface area contributed by atoms with Gasteiger partial charge in [0.25, 0.3) is 0 Å².